The molecule has 0 saturated carbocycles. The van der Waals surface area contributed by atoms with Crippen LogP contribution in [0.5, 0.6) is 0 Å². The summed E-state index contributed by atoms with van der Waals surface area (Å²) in [5.74, 6) is -0.912. The Morgan fingerprint density at radius 1 is 1.17 bits per heavy atom. The topological polar surface area (TPSA) is 93.4 Å². The average Bonchev–Trinajstić information content (AvgIpc) is 3.06. The Labute approximate surface area is 140 Å². The standard InChI is InChI=1S/C16H19N3O4S/c1-12-7-3-4-8-13(12)15-17-18-16(23-15)24(21,22)11-14(20)19-9-5-2-6-10-19/h3-4,7-8H,2,5-6,9-11H2,1H3. The van der Waals surface area contributed by atoms with E-state index in [1.165, 1.54) is 0 Å². The monoisotopic (exact) mass is 349 g/mol. The van der Waals surface area contributed by atoms with Crippen molar-refractivity contribution in [3.05, 3.63) is 29.8 Å². The number of piperidine rings is 1. The van der Waals surface area contributed by atoms with E-state index in [-0.39, 0.29) is 5.89 Å². The van der Waals surface area contributed by atoms with Crippen molar-refractivity contribution in [3.63, 3.8) is 0 Å². The molecular formula is C16H19N3O4S. The van der Waals surface area contributed by atoms with E-state index < -0.39 is 26.7 Å². The molecule has 128 valence electrons. The van der Waals surface area contributed by atoms with Gasteiger partial charge in [-0.05, 0) is 37.8 Å². The number of amides is 1. The largest absolute Gasteiger partial charge is 0.408 e. The first kappa shape index (κ1) is 16.6. The second-order valence-electron chi connectivity index (χ2n) is 5.89. The van der Waals surface area contributed by atoms with Gasteiger partial charge in [-0.3, -0.25) is 4.79 Å². The van der Waals surface area contributed by atoms with Crippen LogP contribution in [-0.4, -0.2) is 48.3 Å². The third kappa shape index (κ3) is 3.48. The molecule has 2 aromatic rings. The smallest absolute Gasteiger partial charge is 0.336 e. The molecule has 2 heterocycles. The van der Waals surface area contributed by atoms with Gasteiger partial charge in [0, 0.05) is 18.7 Å². The summed E-state index contributed by atoms with van der Waals surface area (Å²) in [4.78, 5) is 13.8. The van der Waals surface area contributed by atoms with Crippen molar-refractivity contribution in [1.82, 2.24) is 15.1 Å². The van der Waals surface area contributed by atoms with Gasteiger partial charge in [0.1, 0.15) is 5.75 Å². The first-order valence-electron chi connectivity index (χ1n) is 7.87. The molecule has 1 aromatic heterocycles. The second kappa shape index (κ2) is 6.72. The Bertz CT molecular complexity index is 839. The van der Waals surface area contributed by atoms with Crippen LogP contribution in [-0.2, 0) is 14.6 Å². The zero-order chi connectivity index (χ0) is 17.2. The Morgan fingerprint density at radius 2 is 1.88 bits per heavy atom. The van der Waals surface area contributed by atoms with Crippen LogP contribution in [0.2, 0.25) is 0 Å². The van der Waals surface area contributed by atoms with E-state index >= 15 is 0 Å². The van der Waals surface area contributed by atoms with Crippen molar-refractivity contribution in [1.29, 1.82) is 0 Å². The summed E-state index contributed by atoms with van der Waals surface area (Å²) in [5.41, 5.74) is 1.57. The first-order valence-corrected chi connectivity index (χ1v) is 9.52. The van der Waals surface area contributed by atoms with Crippen LogP contribution in [0.1, 0.15) is 24.8 Å². The Kier molecular flexibility index (Phi) is 4.66. The fourth-order valence-electron chi connectivity index (χ4n) is 2.72. The van der Waals surface area contributed by atoms with Crippen molar-refractivity contribution >= 4 is 15.7 Å². The average molecular weight is 349 g/mol. The number of benzene rings is 1. The van der Waals surface area contributed by atoms with E-state index in [0.29, 0.717) is 18.7 Å². The van der Waals surface area contributed by atoms with Crippen molar-refractivity contribution in [2.45, 2.75) is 31.4 Å². The number of carbonyl (C=O) groups is 1. The van der Waals surface area contributed by atoms with Gasteiger partial charge >= 0.3 is 5.22 Å². The predicted molar refractivity (Wildman–Crippen MR) is 87.0 cm³/mol. The highest BCUT2D eigenvalue weighted by molar-refractivity contribution is 7.91. The van der Waals surface area contributed by atoms with Crippen molar-refractivity contribution in [2.75, 3.05) is 18.8 Å². The van der Waals surface area contributed by atoms with E-state index in [1.807, 2.05) is 19.1 Å². The summed E-state index contributed by atoms with van der Waals surface area (Å²) in [6, 6.07) is 7.32. The number of aromatic nitrogens is 2. The van der Waals surface area contributed by atoms with Gasteiger partial charge < -0.3 is 9.32 Å². The summed E-state index contributed by atoms with van der Waals surface area (Å²) in [6.45, 7) is 3.08. The summed E-state index contributed by atoms with van der Waals surface area (Å²) < 4.78 is 30.1. The highest BCUT2D eigenvalue weighted by Gasteiger charge is 2.29. The van der Waals surface area contributed by atoms with Gasteiger partial charge in [0.05, 0.1) is 0 Å². The molecule has 0 N–H and O–H groups in total. The van der Waals surface area contributed by atoms with Crippen LogP contribution in [0, 0.1) is 6.92 Å². The minimum Gasteiger partial charge on any atom is -0.408 e. The van der Waals surface area contributed by atoms with Gasteiger partial charge in [0.2, 0.25) is 21.6 Å². The maximum Gasteiger partial charge on any atom is 0.336 e. The number of aryl methyl sites for hydroxylation is 1. The van der Waals surface area contributed by atoms with Crippen molar-refractivity contribution in [3.8, 4) is 11.5 Å². The van der Waals surface area contributed by atoms with Gasteiger partial charge in [-0.15, -0.1) is 5.10 Å². The number of nitrogens with zero attached hydrogens (tertiary/aromatic N) is 3. The lowest BCUT2D eigenvalue weighted by Crippen LogP contribution is -2.39. The number of hydrogen-bond acceptors (Lipinski definition) is 6. The van der Waals surface area contributed by atoms with Gasteiger partial charge in [0.15, 0.2) is 0 Å². The van der Waals surface area contributed by atoms with Crippen LogP contribution in [0.4, 0.5) is 0 Å². The summed E-state index contributed by atoms with van der Waals surface area (Å²) in [5, 5.41) is 6.93. The Balaban J connectivity index is 1.78. The van der Waals surface area contributed by atoms with Crippen LogP contribution in [0.3, 0.4) is 0 Å². The highest BCUT2D eigenvalue weighted by atomic mass is 32.2. The molecule has 1 fully saturated rings. The maximum atomic E-state index is 12.4. The van der Waals surface area contributed by atoms with E-state index in [0.717, 1.165) is 24.8 Å². The quantitative estimate of drug-likeness (QED) is 0.836. The molecule has 0 aliphatic carbocycles. The molecule has 8 heteroatoms. The van der Waals surface area contributed by atoms with Crippen LogP contribution >= 0.6 is 0 Å². The lowest BCUT2D eigenvalue weighted by atomic mass is 10.1. The van der Waals surface area contributed by atoms with E-state index in [9.17, 15) is 13.2 Å². The fourth-order valence-corrected chi connectivity index (χ4v) is 3.72. The third-order valence-corrected chi connectivity index (χ3v) is 5.39. The minimum absolute atomic E-state index is 0.136. The lowest BCUT2D eigenvalue weighted by Gasteiger charge is -2.26. The number of likely N-dealkylation sites (tertiary alicyclic amines) is 1. The molecule has 0 radical (unpaired) electrons. The molecule has 3 rings (SSSR count). The zero-order valence-corrected chi connectivity index (χ0v) is 14.3. The molecule has 0 bridgehead atoms. The summed E-state index contributed by atoms with van der Waals surface area (Å²) >= 11 is 0. The highest BCUT2D eigenvalue weighted by Crippen LogP contribution is 2.23. The molecule has 1 aliphatic rings. The third-order valence-electron chi connectivity index (χ3n) is 4.07. The van der Waals surface area contributed by atoms with E-state index in [1.54, 1.807) is 17.0 Å². The molecule has 0 unspecified atom stereocenters. The molecule has 7 nitrogen and oxygen atoms in total. The first-order chi connectivity index (χ1) is 11.5. The van der Waals surface area contributed by atoms with Crippen molar-refractivity contribution < 1.29 is 17.6 Å². The van der Waals surface area contributed by atoms with Gasteiger partial charge in [-0.1, -0.05) is 23.3 Å². The molecule has 0 atom stereocenters. The second-order valence-corrected chi connectivity index (χ2v) is 7.76. The predicted octanol–water partition coefficient (Wildman–Crippen LogP) is 1.83. The van der Waals surface area contributed by atoms with Crippen LogP contribution in [0.15, 0.2) is 33.9 Å². The van der Waals surface area contributed by atoms with Crippen LogP contribution < -0.4 is 0 Å². The van der Waals surface area contributed by atoms with Gasteiger partial charge in [-0.2, -0.15) is 0 Å². The zero-order valence-electron chi connectivity index (χ0n) is 13.4. The molecule has 1 aromatic carbocycles. The molecule has 24 heavy (non-hydrogen) atoms. The number of rotatable bonds is 4. The summed E-state index contributed by atoms with van der Waals surface area (Å²) in [7, 11) is -3.94. The number of hydrogen-bond donors (Lipinski definition) is 0. The maximum absolute atomic E-state index is 12.4. The Morgan fingerprint density at radius 3 is 2.58 bits per heavy atom. The SMILES string of the molecule is Cc1ccccc1-c1nnc(S(=O)(=O)CC(=O)N2CCCCC2)o1. The minimum atomic E-state index is -3.94. The molecule has 0 spiro atoms. The number of sulfone groups is 1. The molecule has 1 saturated heterocycles. The molecule has 1 amide bonds. The normalized spacial score (nSPS) is 15.5. The Hall–Kier alpha value is -2.22. The number of carbonyl (C=O) groups excluding carboxylic acids is 1. The molecular weight excluding hydrogens is 330 g/mol. The van der Waals surface area contributed by atoms with Crippen molar-refractivity contribution in [2.24, 2.45) is 0 Å². The van der Waals surface area contributed by atoms with Gasteiger partial charge in [0.25, 0.3) is 0 Å². The van der Waals surface area contributed by atoms with E-state index in [4.69, 9.17) is 4.42 Å². The summed E-state index contributed by atoms with van der Waals surface area (Å²) in [6.07, 6.45) is 2.88. The fraction of sp³-hybridized carbons (Fsp3) is 0.438. The van der Waals surface area contributed by atoms with Gasteiger partial charge in [-0.25, -0.2) is 8.42 Å². The molecule has 1 aliphatic heterocycles. The van der Waals surface area contributed by atoms with Crippen LogP contribution in [0.25, 0.3) is 11.5 Å². The lowest BCUT2D eigenvalue weighted by molar-refractivity contribution is -0.129. The van der Waals surface area contributed by atoms with E-state index in [2.05, 4.69) is 10.2 Å².